The van der Waals surface area contributed by atoms with E-state index in [1.807, 2.05) is 0 Å². The molecule has 1 aliphatic carbocycles. The van der Waals surface area contributed by atoms with E-state index >= 15 is 0 Å². The number of nitrogen functional groups attached to an aromatic ring is 2. The van der Waals surface area contributed by atoms with Crippen molar-refractivity contribution in [2.75, 3.05) is 11.5 Å². The molecule has 1 aromatic heterocycles. The van der Waals surface area contributed by atoms with Gasteiger partial charge in [-0.05, 0) is 36.6 Å². The van der Waals surface area contributed by atoms with Gasteiger partial charge in [0.25, 0.3) is 0 Å². The molecule has 0 amide bonds. The van der Waals surface area contributed by atoms with Crippen LogP contribution in [0.2, 0.25) is 0 Å². The average Bonchev–Trinajstić information content (AvgIpc) is 2.55. The van der Waals surface area contributed by atoms with E-state index in [1.165, 1.54) is 6.07 Å². The molecule has 1 heterocycles. The van der Waals surface area contributed by atoms with Crippen molar-refractivity contribution in [2.45, 2.75) is 25.6 Å². The Bertz CT molecular complexity index is 820. The largest absolute Gasteiger partial charge is 0.416 e. The van der Waals surface area contributed by atoms with Crippen LogP contribution in [0.4, 0.5) is 24.9 Å². The SMILES string of the molecule is Nc1nc(N)c2c(n1)CCC(NOCc1cccc(C(F)(F)F)c1)=C2. The first-order valence-electron chi connectivity index (χ1n) is 7.49. The molecule has 1 aliphatic rings. The highest BCUT2D eigenvalue weighted by Gasteiger charge is 2.30. The standard InChI is InChI=1S/C16H16F3N5O/c17-16(18,19)10-3-1-2-9(6-10)8-25-24-11-4-5-13-12(7-11)14(20)23-15(21)22-13/h1-3,6-7,24H,4-5,8H2,(H4,20,21,22,23). The number of nitrogens with two attached hydrogens (primary N) is 2. The molecule has 25 heavy (non-hydrogen) atoms. The van der Waals surface area contributed by atoms with Gasteiger partial charge in [-0.3, -0.25) is 10.3 Å². The highest BCUT2D eigenvalue weighted by molar-refractivity contribution is 5.67. The van der Waals surface area contributed by atoms with Gasteiger partial charge in [0.1, 0.15) is 5.82 Å². The summed E-state index contributed by atoms with van der Waals surface area (Å²) in [6.45, 7) is -0.0121. The number of halogens is 3. The minimum Gasteiger partial charge on any atom is -0.383 e. The number of hydroxylamine groups is 1. The number of fused-ring (bicyclic) bond motifs is 1. The van der Waals surface area contributed by atoms with E-state index < -0.39 is 11.7 Å². The first-order chi connectivity index (χ1) is 11.8. The number of hydrogen-bond acceptors (Lipinski definition) is 6. The number of anilines is 2. The Morgan fingerprint density at radius 2 is 1.96 bits per heavy atom. The van der Waals surface area contributed by atoms with E-state index in [4.69, 9.17) is 16.3 Å². The second kappa shape index (κ2) is 6.60. The highest BCUT2D eigenvalue weighted by Crippen LogP contribution is 2.30. The van der Waals surface area contributed by atoms with Crippen molar-refractivity contribution in [1.82, 2.24) is 15.4 Å². The molecule has 0 fully saturated rings. The van der Waals surface area contributed by atoms with Crippen LogP contribution in [-0.2, 0) is 24.0 Å². The van der Waals surface area contributed by atoms with E-state index in [2.05, 4.69) is 15.4 Å². The van der Waals surface area contributed by atoms with E-state index in [9.17, 15) is 13.2 Å². The maximum Gasteiger partial charge on any atom is 0.416 e. The number of nitrogens with one attached hydrogen (secondary N) is 1. The van der Waals surface area contributed by atoms with Crippen LogP contribution in [0.5, 0.6) is 0 Å². The van der Waals surface area contributed by atoms with Crippen LogP contribution in [0.15, 0.2) is 30.0 Å². The molecule has 5 N–H and O–H groups in total. The molecule has 1 aromatic carbocycles. The Morgan fingerprint density at radius 1 is 1.16 bits per heavy atom. The topological polar surface area (TPSA) is 99.1 Å². The van der Waals surface area contributed by atoms with Gasteiger partial charge in [-0.25, -0.2) is 4.98 Å². The van der Waals surface area contributed by atoms with Crippen molar-refractivity contribution in [3.63, 3.8) is 0 Å². The highest BCUT2D eigenvalue weighted by atomic mass is 19.4. The molecular formula is C16H16F3N5O. The Kier molecular flexibility index (Phi) is 4.49. The number of aromatic nitrogens is 2. The second-order valence-electron chi connectivity index (χ2n) is 5.59. The fourth-order valence-electron chi connectivity index (χ4n) is 2.53. The maximum absolute atomic E-state index is 12.7. The smallest absolute Gasteiger partial charge is 0.383 e. The van der Waals surface area contributed by atoms with Crippen LogP contribution in [-0.4, -0.2) is 9.97 Å². The molecule has 3 rings (SSSR count). The first kappa shape index (κ1) is 17.0. The summed E-state index contributed by atoms with van der Waals surface area (Å²) < 4.78 is 38.1. The van der Waals surface area contributed by atoms with Crippen molar-refractivity contribution in [3.05, 3.63) is 52.3 Å². The van der Waals surface area contributed by atoms with Gasteiger partial charge < -0.3 is 11.5 Å². The number of alkyl halides is 3. The summed E-state index contributed by atoms with van der Waals surface area (Å²) in [4.78, 5) is 13.4. The third-order valence-corrected chi connectivity index (χ3v) is 3.72. The Labute approximate surface area is 141 Å². The Hall–Kier alpha value is -2.81. The van der Waals surface area contributed by atoms with Gasteiger partial charge in [0.2, 0.25) is 5.95 Å². The molecule has 0 unspecified atom stereocenters. The summed E-state index contributed by atoms with van der Waals surface area (Å²) in [7, 11) is 0. The molecule has 0 aliphatic heterocycles. The minimum atomic E-state index is -4.38. The average molecular weight is 351 g/mol. The Morgan fingerprint density at radius 3 is 2.72 bits per heavy atom. The fraction of sp³-hybridized carbons (Fsp3) is 0.250. The summed E-state index contributed by atoms with van der Waals surface area (Å²) >= 11 is 0. The summed E-state index contributed by atoms with van der Waals surface area (Å²) in [5.41, 5.74) is 16.0. The van der Waals surface area contributed by atoms with E-state index in [0.717, 1.165) is 23.5 Å². The van der Waals surface area contributed by atoms with Gasteiger partial charge in [0.05, 0.1) is 17.9 Å². The number of aryl methyl sites for hydroxylation is 1. The van der Waals surface area contributed by atoms with Crippen LogP contribution < -0.4 is 16.9 Å². The first-order valence-corrected chi connectivity index (χ1v) is 7.49. The number of rotatable bonds is 4. The number of benzene rings is 1. The molecule has 0 saturated heterocycles. The fourth-order valence-corrected chi connectivity index (χ4v) is 2.53. The molecule has 2 aromatic rings. The molecule has 132 valence electrons. The lowest BCUT2D eigenvalue weighted by molar-refractivity contribution is -0.137. The number of hydrogen-bond donors (Lipinski definition) is 3. The normalized spacial score (nSPS) is 14.0. The molecular weight excluding hydrogens is 335 g/mol. The van der Waals surface area contributed by atoms with Gasteiger partial charge in [-0.15, -0.1) is 0 Å². The van der Waals surface area contributed by atoms with E-state index in [0.29, 0.717) is 24.0 Å². The lowest BCUT2D eigenvalue weighted by Crippen LogP contribution is -2.19. The summed E-state index contributed by atoms with van der Waals surface area (Å²) in [6.07, 6.45) is -1.40. The zero-order chi connectivity index (χ0) is 18.0. The van der Waals surface area contributed by atoms with Crippen molar-refractivity contribution in [3.8, 4) is 0 Å². The van der Waals surface area contributed by atoms with Crippen molar-refractivity contribution in [1.29, 1.82) is 0 Å². The van der Waals surface area contributed by atoms with Crippen LogP contribution in [0, 0.1) is 0 Å². The molecule has 0 bridgehead atoms. The summed E-state index contributed by atoms with van der Waals surface area (Å²) in [6, 6.07) is 4.99. The predicted molar refractivity (Wildman–Crippen MR) is 86.5 cm³/mol. The summed E-state index contributed by atoms with van der Waals surface area (Å²) in [5, 5.41) is 0. The van der Waals surface area contributed by atoms with Crippen molar-refractivity contribution < 1.29 is 18.0 Å². The van der Waals surface area contributed by atoms with Crippen molar-refractivity contribution in [2.24, 2.45) is 0 Å². The molecule has 0 spiro atoms. The van der Waals surface area contributed by atoms with Crippen LogP contribution in [0.1, 0.15) is 28.8 Å². The third-order valence-electron chi connectivity index (χ3n) is 3.72. The van der Waals surface area contributed by atoms with E-state index in [1.54, 1.807) is 12.1 Å². The van der Waals surface area contributed by atoms with E-state index in [-0.39, 0.29) is 18.4 Å². The summed E-state index contributed by atoms with van der Waals surface area (Å²) in [5.74, 6) is 0.404. The van der Waals surface area contributed by atoms with Crippen LogP contribution in [0.3, 0.4) is 0 Å². The molecule has 0 radical (unpaired) electrons. The zero-order valence-corrected chi connectivity index (χ0v) is 13.1. The second-order valence-corrected chi connectivity index (χ2v) is 5.59. The molecule has 0 atom stereocenters. The quantitative estimate of drug-likeness (QED) is 0.733. The van der Waals surface area contributed by atoms with Gasteiger partial charge in [0, 0.05) is 11.3 Å². The third kappa shape index (κ3) is 4.00. The minimum absolute atomic E-state index is 0.0121. The van der Waals surface area contributed by atoms with Crippen LogP contribution >= 0.6 is 0 Å². The Balaban J connectivity index is 1.64. The van der Waals surface area contributed by atoms with Crippen molar-refractivity contribution >= 4 is 17.8 Å². The monoisotopic (exact) mass is 351 g/mol. The predicted octanol–water partition coefficient (Wildman–Crippen LogP) is 2.67. The number of nitrogens with zero attached hydrogens (tertiary/aromatic N) is 2. The van der Waals surface area contributed by atoms with Crippen LogP contribution in [0.25, 0.3) is 6.08 Å². The zero-order valence-electron chi connectivity index (χ0n) is 13.1. The molecule has 9 heteroatoms. The number of allylic oxidation sites excluding steroid dienone is 1. The molecule has 0 saturated carbocycles. The van der Waals surface area contributed by atoms with Gasteiger partial charge in [-0.2, -0.15) is 18.2 Å². The molecule has 6 nitrogen and oxygen atoms in total. The van der Waals surface area contributed by atoms with Gasteiger partial charge >= 0.3 is 6.18 Å². The van der Waals surface area contributed by atoms with Gasteiger partial charge in [0.15, 0.2) is 0 Å². The maximum atomic E-state index is 12.7. The lowest BCUT2D eigenvalue weighted by atomic mass is 10.0. The van der Waals surface area contributed by atoms with Gasteiger partial charge in [-0.1, -0.05) is 12.1 Å². The lowest BCUT2D eigenvalue weighted by Gasteiger charge is -2.18.